The number of rotatable bonds is 8. The first-order valence-electron chi connectivity index (χ1n) is 11.5. The zero-order valence-corrected chi connectivity index (χ0v) is 20.4. The van der Waals surface area contributed by atoms with Crippen LogP contribution in [-0.4, -0.2) is 28.6 Å². The van der Waals surface area contributed by atoms with E-state index in [0.717, 1.165) is 44.8 Å². The number of hydrogen-bond donors (Lipinski definition) is 0. The van der Waals surface area contributed by atoms with Crippen molar-refractivity contribution >= 4 is 38.6 Å². The summed E-state index contributed by atoms with van der Waals surface area (Å²) in [4.78, 5) is 19.8. The van der Waals surface area contributed by atoms with Crippen LogP contribution in [0.5, 0.6) is 5.75 Å². The van der Waals surface area contributed by atoms with Gasteiger partial charge in [-0.25, -0.2) is 4.98 Å². The number of halogens is 1. The smallest absolute Gasteiger partial charge is 0.227 e. The molecule has 5 nitrogen and oxygen atoms in total. The minimum absolute atomic E-state index is 0.0139. The van der Waals surface area contributed by atoms with Crippen LogP contribution in [0.1, 0.15) is 23.7 Å². The Labute approximate surface area is 207 Å². The number of aromatic nitrogens is 2. The molecule has 1 atom stereocenters. The fourth-order valence-electron chi connectivity index (χ4n) is 4.64. The SMILES string of the molecule is C=CCc1ccccc1OCCn1c(C2CC(=O)N(c3ccccc3Br)C2)nc2ccccc21. The van der Waals surface area contributed by atoms with E-state index in [1.807, 2.05) is 71.6 Å². The van der Waals surface area contributed by atoms with Crippen LogP contribution in [0.15, 0.2) is 89.9 Å². The largest absolute Gasteiger partial charge is 0.491 e. The van der Waals surface area contributed by atoms with E-state index in [1.165, 1.54) is 0 Å². The van der Waals surface area contributed by atoms with E-state index in [9.17, 15) is 4.79 Å². The Balaban J connectivity index is 1.40. The van der Waals surface area contributed by atoms with E-state index in [1.54, 1.807) is 0 Å². The third-order valence-electron chi connectivity index (χ3n) is 6.23. The van der Waals surface area contributed by atoms with Gasteiger partial charge in [-0.05, 0) is 58.2 Å². The van der Waals surface area contributed by atoms with Gasteiger partial charge in [0.2, 0.25) is 5.91 Å². The Kier molecular flexibility index (Phi) is 6.50. The van der Waals surface area contributed by atoms with Crippen LogP contribution < -0.4 is 9.64 Å². The van der Waals surface area contributed by atoms with Crippen LogP contribution in [0, 0.1) is 0 Å². The van der Waals surface area contributed by atoms with E-state index in [4.69, 9.17) is 9.72 Å². The van der Waals surface area contributed by atoms with Gasteiger partial charge in [-0.1, -0.05) is 48.5 Å². The van der Waals surface area contributed by atoms with Crippen molar-refractivity contribution in [1.29, 1.82) is 0 Å². The number of hydrogen-bond acceptors (Lipinski definition) is 3. The first kappa shape index (κ1) is 22.4. The summed E-state index contributed by atoms with van der Waals surface area (Å²) in [6.45, 7) is 5.61. The van der Waals surface area contributed by atoms with Crippen LogP contribution in [-0.2, 0) is 17.8 Å². The highest BCUT2D eigenvalue weighted by Gasteiger charge is 2.35. The number of fused-ring (bicyclic) bond motifs is 1. The Morgan fingerprint density at radius 3 is 2.68 bits per heavy atom. The molecule has 0 aliphatic carbocycles. The Bertz CT molecular complexity index is 1350. The molecule has 0 spiro atoms. The predicted molar refractivity (Wildman–Crippen MR) is 139 cm³/mol. The number of carbonyl (C=O) groups is 1. The average Bonchev–Trinajstić information content (AvgIpc) is 3.41. The fraction of sp³-hybridized carbons (Fsp3) is 0.214. The Hall–Kier alpha value is -3.38. The first-order valence-corrected chi connectivity index (χ1v) is 12.3. The molecule has 172 valence electrons. The monoisotopic (exact) mass is 515 g/mol. The number of benzene rings is 3. The van der Waals surface area contributed by atoms with Gasteiger partial charge in [0.25, 0.3) is 0 Å². The van der Waals surface area contributed by atoms with Crippen LogP contribution in [0.4, 0.5) is 5.69 Å². The van der Waals surface area contributed by atoms with Crippen molar-refractivity contribution in [1.82, 2.24) is 9.55 Å². The molecule has 1 aliphatic heterocycles. The van der Waals surface area contributed by atoms with Gasteiger partial charge in [-0.3, -0.25) is 4.79 Å². The summed E-state index contributed by atoms with van der Waals surface area (Å²) in [5.41, 5.74) is 4.03. The molecular weight excluding hydrogens is 490 g/mol. The molecule has 1 fully saturated rings. The van der Waals surface area contributed by atoms with Crippen molar-refractivity contribution in [3.63, 3.8) is 0 Å². The molecule has 1 saturated heterocycles. The lowest BCUT2D eigenvalue weighted by molar-refractivity contribution is -0.117. The third-order valence-corrected chi connectivity index (χ3v) is 6.90. The van der Waals surface area contributed by atoms with Crippen molar-refractivity contribution < 1.29 is 9.53 Å². The van der Waals surface area contributed by atoms with Crippen molar-refractivity contribution in [2.24, 2.45) is 0 Å². The zero-order valence-electron chi connectivity index (χ0n) is 18.9. The van der Waals surface area contributed by atoms with Crippen LogP contribution >= 0.6 is 15.9 Å². The van der Waals surface area contributed by atoms with E-state index >= 15 is 0 Å². The molecule has 1 unspecified atom stereocenters. The quantitative estimate of drug-likeness (QED) is 0.265. The van der Waals surface area contributed by atoms with Gasteiger partial charge in [0.15, 0.2) is 0 Å². The maximum atomic E-state index is 13.0. The number of para-hydroxylation sites is 4. The van der Waals surface area contributed by atoms with Gasteiger partial charge in [0.1, 0.15) is 18.2 Å². The molecule has 34 heavy (non-hydrogen) atoms. The lowest BCUT2D eigenvalue weighted by Gasteiger charge is -2.19. The van der Waals surface area contributed by atoms with Gasteiger partial charge >= 0.3 is 0 Å². The van der Waals surface area contributed by atoms with E-state index < -0.39 is 0 Å². The highest BCUT2D eigenvalue weighted by molar-refractivity contribution is 9.10. The fourth-order valence-corrected chi connectivity index (χ4v) is 5.14. The molecule has 1 aliphatic rings. The maximum Gasteiger partial charge on any atom is 0.227 e. The molecule has 5 rings (SSSR count). The van der Waals surface area contributed by atoms with Gasteiger partial charge in [-0.2, -0.15) is 0 Å². The van der Waals surface area contributed by atoms with Gasteiger partial charge in [0.05, 0.1) is 23.3 Å². The summed E-state index contributed by atoms with van der Waals surface area (Å²) in [6, 6.07) is 24.0. The minimum Gasteiger partial charge on any atom is -0.491 e. The summed E-state index contributed by atoms with van der Waals surface area (Å²) in [7, 11) is 0. The summed E-state index contributed by atoms with van der Waals surface area (Å²) in [6.07, 6.45) is 3.09. The molecule has 1 aromatic heterocycles. The summed E-state index contributed by atoms with van der Waals surface area (Å²) >= 11 is 3.59. The molecule has 0 saturated carbocycles. The first-order chi connectivity index (χ1) is 16.7. The summed E-state index contributed by atoms with van der Waals surface area (Å²) < 4.78 is 9.31. The summed E-state index contributed by atoms with van der Waals surface area (Å²) in [5, 5.41) is 0. The molecule has 1 amide bonds. The van der Waals surface area contributed by atoms with Gasteiger partial charge in [0, 0.05) is 23.4 Å². The topological polar surface area (TPSA) is 47.4 Å². The lowest BCUT2D eigenvalue weighted by Crippen LogP contribution is -2.25. The lowest BCUT2D eigenvalue weighted by atomic mass is 10.1. The third kappa shape index (κ3) is 4.38. The number of anilines is 1. The van der Waals surface area contributed by atoms with Crippen LogP contribution in [0.3, 0.4) is 0 Å². The Morgan fingerprint density at radius 1 is 1.06 bits per heavy atom. The van der Waals surface area contributed by atoms with Crippen LogP contribution in [0.2, 0.25) is 0 Å². The van der Waals surface area contributed by atoms with Gasteiger partial charge < -0.3 is 14.2 Å². The van der Waals surface area contributed by atoms with E-state index in [2.05, 4.69) is 39.2 Å². The molecule has 0 radical (unpaired) electrons. The van der Waals surface area contributed by atoms with Crippen molar-refractivity contribution in [3.05, 3.63) is 101 Å². The highest BCUT2D eigenvalue weighted by atomic mass is 79.9. The van der Waals surface area contributed by atoms with Crippen LogP contribution in [0.25, 0.3) is 11.0 Å². The number of amides is 1. The van der Waals surface area contributed by atoms with Gasteiger partial charge in [-0.15, -0.1) is 6.58 Å². The second-order valence-electron chi connectivity index (χ2n) is 8.42. The molecule has 0 bridgehead atoms. The molecule has 2 heterocycles. The van der Waals surface area contributed by atoms with E-state index in [-0.39, 0.29) is 11.8 Å². The van der Waals surface area contributed by atoms with Crippen molar-refractivity contribution in [2.45, 2.75) is 25.3 Å². The predicted octanol–water partition coefficient (Wildman–Crippen LogP) is 6.13. The highest BCUT2D eigenvalue weighted by Crippen LogP contribution is 2.36. The number of carbonyl (C=O) groups excluding carboxylic acids is 1. The Morgan fingerprint density at radius 2 is 1.82 bits per heavy atom. The molecule has 3 aromatic carbocycles. The van der Waals surface area contributed by atoms with Crippen molar-refractivity contribution in [2.75, 3.05) is 18.1 Å². The minimum atomic E-state index is 0.0139. The summed E-state index contributed by atoms with van der Waals surface area (Å²) in [5.74, 6) is 1.95. The average molecular weight is 516 g/mol. The zero-order chi connectivity index (χ0) is 23.5. The number of allylic oxidation sites excluding steroid dienone is 1. The normalized spacial score (nSPS) is 15.7. The standard InChI is InChI=1S/C28H26BrN3O2/c1-2-9-20-10-3-8-15-26(20)34-17-16-31-25-14-7-5-12-23(25)30-28(31)21-18-27(33)32(19-21)24-13-6-4-11-22(24)29/h2-8,10-15,21H,1,9,16-19H2. The second-order valence-corrected chi connectivity index (χ2v) is 9.27. The second kappa shape index (κ2) is 9.85. The number of ether oxygens (including phenoxy) is 1. The molecule has 4 aromatic rings. The van der Waals surface area contributed by atoms with Crippen molar-refractivity contribution in [3.8, 4) is 5.75 Å². The van der Waals surface area contributed by atoms with E-state index in [0.29, 0.717) is 26.1 Å². The number of imidazole rings is 1. The number of nitrogens with zero attached hydrogens (tertiary/aromatic N) is 3. The molecular formula is C28H26BrN3O2. The molecule has 6 heteroatoms. The molecule has 0 N–H and O–H groups in total. The maximum absolute atomic E-state index is 13.0.